The first-order valence-electron chi connectivity index (χ1n) is 9.05. The molecular formula is C17H30N4O8. The van der Waals surface area contributed by atoms with Crippen LogP contribution < -0.4 is 21.7 Å². The number of amides is 3. The molecule has 0 aliphatic rings. The molecule has 0 aromatic carbocycles. The quantitative estimate of drug-likeness (QED) is 0.183. The molecule has 0 bridgehead atoms. The molecule has 12 heteroatoms. The van der Waals surface area contributed by atoms with Crippen LogP contribution in [0.5, 0.6) is 0 Å². The van der Waals surface area contributed by atoms with Gasteiger partial charge in [-0.3, -0.25) is 24.0 Å². The summed E-state index contributed by atoms with van der Waals surface area (Å²) in [4.78, 5) is 58.7. The molecular weight excluding hydrogens is 388 g/mol. The van der Waals surface area contributed by atoms with E-state index in [0.717, 1.165) is 0 Å². The van der Waals surface area contributed by atoms with Crippen LogP contribution in [0.15, 0.2) is 0 Å². The molecule has 8 N–H and O–H groups in total. The maximum atomic E-state index is 12.5. The minimum Gasteiger partial charge on any atom is -0.481 e. The van der Waals surface area contributed by atoms with Gasteiger partial charge in [-0.25, -0.2) is 0 Å². The molecule has 0 radical (unpaired) electrons. The van der Waals surface area contributed by atoms with Gasteiger partial charge in [0.1, 0.15) is 18.1 Å². The molecule has 5 atom stereocenters. The van der Waals surface area contributed by atoms with E-state index < -0.39 is 66.4 Å². The average Bonchev–Trinajstić information content (AvgIpc) is 2.56. The van der Waals surface area contributed by atoms with Crippen LogP contribution in [0.2, 0.25) is 0 Å². The van der Waals surface area contributed by atoms with E-state index in [0.29, 0.717) is 6.42 Å². The largest absolute Gasteiger partial charge is 0.481 e. The van der Waals surface area contributed by atoms with Crippen LogP contribution in [0.25, 0.3) is 0 Å². The van der Waals surface area contributed by atoms with Crippen molar-refractivity contribution in [2.75, 3.05) is 0 Å². The topological polar surface area (TPSA) is 208 Å². The van der Waals surface area contributed by atoms with Crippen LogP contribution in [0, 0.1) is 5.92 Å². The van der Waals surface area contributed by atoms with Crippen molar-refractivity contribution in [1.82, 2.24) is 16.0 Å². The zero-order valence-electron chi connectivity index (χ0n) is 16.8. The van der Waals surface area contributed by atoms with E-state index >= 15 is 0 Å². The summed E-state index contributed by atoms with van der Waals surface area (Å²) in [5.41, 5.74) is 5.73. The van der Waals surface area contributed by atoms with Crippen LogP contribution in [0.4, 0.5) is 0 Å². The van der Waals surface area contributed by atoms with Gasteiger partial charge in [0, 0.05) is 0 Å². The van der Waals surface area contributed by atoms with Gasteiger partial charge in [-0.1, -0.05) is 13.8 Å². The lowest BCUT2D eigenvalue weighted by molar-refractivity contribution is -0.143. The van der Waals surface area contributed by atoms with E-state index in [1.54, 1.807) is 0 Å². The van der Waals surface area contributed by atoms with Crippen LogP contribution >= 0.6 is 0 Å². The number of carboxylic acid groups (broad SMARTS) is 2. The Bertz CT molecular complexity index is 623. The molecule has 0 aromatic rings. The van der Waals surface area contributed by atoms with Crippen molar-refractivity contribution in [3.8, 4) is 0 Å². The molecule has 0 aromatic heterocycles. The Hall–Kier alpha value is -2.73. The van der Waals surface area contributed by atoms with Crippen molar-refractivity contribution in [2.24, 2.45) is 11.7 Å². The van der Waals surface area contributed by atoms with Crippen LogP contribution in [0.3, 0.4) is 0 Å². The van der Waals surface area contributed by atoms with Gasteiger partial charge in [-0.15, -0.1) is 0 Å². The number of carboxylic acids is 2. The van der Waals surface area contributed by atoms with E-state index in [2.05, 4.69) is 16.0 Å². The summed E-state index contributed by atoms with van der Waals surface area (Å²) in [7, 11) is 0. The van der Waals surface area contributed by atoms with Crippen LogP contribution in [0.1, 0.15) is 40.5 Å². The van der Waals surface area contributed by atoms with Crippen LogP contribution in [-0.2, 0) is 24.0 Å². The Labute approximate surface area is 168 Å². The first kappa shape index (κ1) is 26.3. The highest BCUT2D eigenvalue weighted by atomic mass is 16.4. The zero-order chi connectivity index (χ0) is 22.9. The highest BCUT2D eigenvalue weighted by molar-refractivity contribution is 5.95. The molecule has 29 heavy (non-hydrogen) atoms. The number of nitrogens with two attached hydrogens (primary N) is 1. The van der Waals surface area contributed by atoms with E-state index in [4.69, 9.17) is 15.9 Å². The fraction of sp³-hybridized carbons (Fsp3) is 0.706. The van der Waals surface area contributed by atoms with E-state index in [-0.39, 0.29) is 5.92 Å². The van der Waals surface area contributed by atoms with Gasteiger partial charge in [0.25, 0.3) is 0 Å². The molecule has 0 saturated heterocycles. The fourth-order valence-corrected chi connectivity index (χ4v) is 2.30. The second-order valence-electron chi connectivity index (χ2n) is 7.19. The number of aliphatic hydroxyl groups is 1. The first-order valence-corrected chi connectivity index (χ1v) is 9.05. The summed E-state index contributed by atoms with van der Waals surface area (Å²) >= 11 is 0. The number of aliphatic carboxylic acids is 2. The van der Waals surface area contributed by atoms with Crippen LogP contribution in [-0.4, -0.2) is 75.3 Å². The normalized spacial score (nSPS) is 16.1. The number of nitrogens with one attached hydrogen (secondary N) is 3. The molecule has 3 amide bonds. The Morgan fingerprint density at radius 3 is 1.83 bits per heavy atom. The minimum absolute atomic E-state index is 0.0852. The monoisotopic (exact) mass is 418 g/mol. The predicted octanol–water partition coefficient (Wildman–Crippen LogP) is -2.23. The van der Waals surface area contributed by atoms with Crippen molar-refractivity contribution in [3.05, 3.63) is 0 Å². The predicted molar refractivity (Wildman–Crippen MR) is 100 cm³/mol. The van der Waals surface area contributed by atoms with Gasteiger partial charge in [0.15, 0.2) is 0 Å². The van der Waals surface area contributed by atoms with Gasteiger partial charge < -0.3 is 37.0 Å². The summed E-state index contributed by atoms with van der Waals surface area (Å²) in [6, 6.07) is -5.37. The third-order valence-electron chi connectivity index (χ3n) is 3.87. The van der Waals surface area contributed by atoms with Crippen molar-refractivity contribution in [1.29, 1.82) is 0 Å². The smallest absolute Gasteiger partial charge is 0.325 e. The third-order valence-corrected chi connectivity index (χ3v) is 3.87. The molecule has 0 spiro atoms. The number of hydrogen-bond donors (Lipinski definition) is 7. The lowest BCUT2D eigenvalue weighted by atomic mass is 10.0. The Morgan fingerprint density at radius 1 is 0.862 bits per heavy atom. The SMILES string of the molecule is CC(C)CC(N)C(=O)NC(CC(=O)O)C(=O)NC(C(=O)NC(C)C(=O)O)C(C)O. The molecule has 0 aliphatic heterocycles. The van der Waals surface area contributed by atoms with Crippen molar-refractivity contribution in [2.45, 2.75) is 70.8 Å². The van der Waals surface area contributed by atoms with Crippen molar-refractivity contribution in [3.63, 3.8) is 0 Å². The standard InChI is InChI=1S/C17H30N4O8/c1-7(2)5-10(18)14(25)20-11(6-12(23)24)15(26)21-13(9(4)22)16(27)19-8(3)17(28)29/h7-11,13,22H,5-6,18H2,1-4H3,(H,19,27)(H,20,25)(H,21,26)(H,23,24)(H,28,29). The average molecular weight is 418 g/mol. The second-order valence-corrected chi connectivity index (χ2v) is 7.19. The Balaban J connectivity index is 5.29. The number of carbonyl (C=O) groups excluding carboxylic acids is 3. The molecule has 0 fully saturated rings. The molecule has 0 rings (SSSR count). The van der Waals surface area contributed by atoms with Crippen molar-refractivity contribution < 1.29 is 39.3 Å². The van der Waals surface area contributed by atoms with E-state index in [1.165, 1.54) is 13.8 Å². The van der Waals surface area contributed by atoms with E-state index in [9.17, 15) is 29.1 Å². The third kappa shape index (κ3) is 9.85. The number of hydrogen-bond acceptors (Lipinski definition) is 7. The van der Waals surface area contributed by atoms with Gasteiger partial charge in [0.2, 0.25) is 17.7 Å². The van der Waals surface area contributed by atoms with E-state index in [1.807, 2.05) is 13.8 Å². The lowest BCUT2D eigenvalue weighted by Gasteiger charge is -2.25. The lowest BCUT2D eigenvalue weighted by Crippen LogP contribution is -2.59. The molecule has 0 aliphatic carbocycles. The maximum absolute atomic E-state index is 12.5. The summed E-state index contributed by atoms with van der Waals surface area (Å²) in [5, 5.41) is 34.1. The summed E-state index contributed by atoms with van der Waals surface area (Å²) in [5.74, 6) is -5.40. The van der Waals surface area contributed by atoms with Gasteiger partial charge in [0.05, 0.1) is 18.6 Å². The molecule has 0 heterocycles. The van der Waals surface area contributed by atoms with Gasteiger partial charge in [-0.2, -0.15) is 0 Å². The molecule has 166 valence electrons. The summed E-state index contributed by atoms with van der Waals surface area (Å²) < 4.78 is 0. The summed E-state index contributed by atoms with van der Waals surface area (Å²) in [6.45, 7) is 6.03. The summed E-state index contributed by atoms with van der Waals surface area (Å²) in [6.07, 6.45) is -1.91. The highest BCUT2D eigenvalue weighted by Gasteiger charge is 2.32. The number of rotatable bonds is 12. The minimum atomic E-state index is -1.57. The maximum Gasteiger partial charge on any atom is 0.325 e. The van der Waals surface area contributed by atoms with Gasteiger partial charge in [-0.05, 0) is 26.2 Å². The highest BCUT2D eigenvalue weighted by Crippen LogP contribution is 2.04. The molecule has 12 nitrogen and oxygen atoms in total. The fourth-order valence-electron chi connectivity index (χ4n) is 2.30. The van der Waals surface area contributed by atoms with Gasteiger partial charge >= 0.3 is 11.9 Å². The number of aliphatic hydroxyl groups excluding tert-OH is 1. The second kappa shape index (κ2) is 12.0. The molecule has 0 saturated carbocycles. The Morgan fingerprint density at radius 2 is 1.41 bits per heavy atom. The first-order chi connectivity index (χ1) is 13.3. The number of carbonyl (C=O) groups is 5. The van der Waals surface area contributed by atoms with Crippen molar-refractivity contribution >= 4 is 29.7 Å². The Kier molecular flexibility index (Phi) is 10.8. The molecule has 5 unspecified atom stereocenters. The zero-order valence-corrected chi connectivity index (χ0v) is 16.8.